The van der Waals surface area contributed by atoms with Gasteiger partial charge in [0.2, 0.25) is 0 Å². The number of para-hydroxylation sites is 2. The Labute approximate surface area is 376 Å². The van der Waals surface area contributed by atoms with Crippen LogP contribution in [0.2, 0.25) is 0 Å². The van der Waals surface area contributed by atoms with E-state index in [1.165, 1.54) is 92.2 Å². The van der Waals surface area contributed by atoms with Crippen molar-refractivity contribution in [2.24, 2.45) is 0 Å². The van der Waals surface area contributed by atoms with Crippen molar-refractivity contribution < 1.29 is 0 Å². The predicted molar refractivity (Wildman–Crippen MR) is 271 cm³/mol. The Morgan fingerprint density at radius 1 is 0.375 bits per heavy atom. The van der Waals surface area contributed by atoms with Gasteiger partial charge in [-0.25, -0.2) is 0 Å². The molecular weight excluding hydrogens is 793 g/mol. The lowest BCUT2D eigenvalue weighted by atomic mass is 9.67. The normalized spacial score (nSPS) is 12.8. The summed E-state index contributed by atoms with van der Waals surface area (Å²) in [4.78, 5) is 2.46. The second-order valence-electron chi connectivity index (χ2n) is 16.8. The average Bonchev–Trinajstić information content (AvgIpc) is 4.01. The molecule has 2 aromatic heterocycles. The molecule has 64 heavy (non-hydrogen) atoms. The number of thiophene rings is 1. The minimum absolute atomic E-state index is 0.509. The number of hydrogen-bond acceptors (Lipinski definition) is 2. The molecule has 0 spiro atoms. The molecule has 0 N–H and O–H groups in total. The molecule has 0 radical (unpaired) electrons. The maximum atomic E-state index is 2.47. The highest BCUT2D eigenvalue weighted by Crippen LogP contribution is 2.57. The van der Waals surface area contributed by atoms with E-state index in [0.29, 0.717) is 0 Å². The molecule has 13 rings (SSSR count). The first-order valence-corrected chi connectivity index (χ1v) is 22.8. The first-order valence-electron chi connectivity index (χ1n) is 22.0. The van der Waals surface area contributed by atoms with Crippen LogP contribution in [0.3, 0.4) is 0 Å². The summed E-state index contributed by atoms with van der Waals surface area (Å²) in [5, 5.41) is 5.13. The molecule has 0 amide bonds. The Morgan fingerprint density at radius 2 is 0.953 bits per heavy atom. The van der Waals surface area contributed by atoms with Gasteiger partial charge >= 0.3 is 0 Å². The summed E-state index contributed by atoms with van der Waals surface area (Å²) in [6, 6.07) is 89.4. The van der Waals surface area contributed by atoms with Gasteiger partial charge in [0.1, 0.15) is 0 Å². The fourth-order valence-corrected chi connectivity index (χ4v) is 12.0. The Kier molecular flexibility index (Phi) is 8.34. The molecule has 2 nitrogen and oxygen atoms in total. The van der Waals surface area contributed by atoms with Crippen LogP contribution in [0.4, 0.5) is 17.1 Å². The van der Waals surface area contributed by atoms with Gasteiger partial charge in [0.15, 0.2) is 0 Å². The van der Waals surface area contributed by atoms with E-state index in [9.17, 15) is 0 Å². The van der Waals surface area contributed by atoms with Crippen molar-refractivity contribution in [2.75, 3.05) is 4.90 Å². The summed E-state index contributed by atoms with van der Waals surface area (Å²) in [5.41, 5.74) is 16.5. The predicted octanol–water partition coefficient (Wildman–Crippen LogP) is 16.7. The van der Waals surface area contributed by atoms with Crippen LogP contribution in [0.15, 0.2) is 243 Å². The zero-order chi connectivity index (χ0) is 42.2. The Hall–Kier alpha value is -7.98. The molecule has 300 valence electrons. The van der Waals surface area contributed by atoms with Gasteiger partial charge in [0.05, 0.1) is 16.4 Å². The first-order chi connectivity index (χ1) is 31.8. The lowest BCUT2D eigenvalue weighted by Crippen LogP contribution is -2.28. The molecule has 0 saturated carbocycles. The molecule has 0 unspecified atom stereocenters. The second kappa shape index (κ2) is 14.6. The van der Waals surface area contributed by atoms with Gasteiger partial charge in [-0.15, -0.1) is 11.3 Å². The number of aromatic nitrogens is 1. The molecule has 0 bridgehead atoms. The van der Waals surface area contributed by atoms with E-state index < -0.39 is 5.41 Å². The Balaban J connectivity index is 1.04. The summed E-state index contributed by atoms with van der Waals surface area (Å²) in [6.07, 6.45) is 0. The van der Waals surface area contributed by atoms with E-state index in [0.717, 1.165) is 17.1 Å². The summed E-state index contributed by atoms with van der Waals surface area (Å²) in [6.45, 7) is 0. The third-order valence-electron chi connectivity index (χ3n) is 13.5. The van der Waals surface area contributed by atoms with Crippen molar-refractivity contribution in [3.05, 3.63) is 265 Å². The minimum Gasteiger partial charge on any atom is -0.310 e. The standard InChI is InChI=1S/C61H40N2S/c1-5-17-41(18-6-1)42-29-31-46(32-30-42)62(48-33-35-50-49-25-13-15-27-54(49)61(55(50)40-48,43-19-7-2-8-20-43)44-21-9-3-10-22-44)47-34-38-58-53(39-47)51-36-37-57-59(60(51)64-58)52-26-14-16-28-56(52)63(57)45-23-11-4-12-24-45/h1-40H. The van der Waals surface area contributed by atoms with E-state index in [1.54, 1.807) is 0 Å². The number of hydrogen-bond donors (Lipinski definition) is 0. The quantitative estimate of drug-likeness (QED) is 0.155. The highest BCUT2D eigenvalue weighted by Gasteiger charge is 2.46. The van der Waals surface area contributed by atoms with Crippen LogP contribution in [0.5, 0.6) is 0 Å². The monoisotopic (exact) mass is 832 g/mol. The molecule has 12 aromatic rings. The van der Waals surface area contributed by atoms with Gasteiger partial charge in [0.25, 0.3) is 0 Å². The maximum absolute atomic E-state index is 2.47. The van der Waals surface area contributed by atoms with Crippen LogP contribution in [-0.4, -0.2) is 4.57 Å². The molecule has 3 heteroatoms. The number of benzene rings is 10. The average molecular weight is 833 g/mol. The molecule has 1 aliphatic rings. The molecule has 1 aliphatic carbocycles. The molecule has 0 atom stereocenters. The van der Waals surface area contributed by atoms with Gasteiger partial charge in [0, 0.05) is 53.7 Å². The van der Waals surface area contributed by atoms with Gasteiger partial charge < -0.3 is 9.47 Å². The SMILES string of the molecule is c1ccc(-c2ccc(N(c3ccc4c(c3)C(c3ccccc3)(c3ccccc3)c3ccccc3-4)c3ccc4sc5c(ccc6c5c5ccccc5n6-c5ccccc5)c4c3)cc2)cc1. The molecular formula is C61H40N2S. The van der Waals surface area contributed by atoms with Crippen LogP contribution in [0.1, 0.15) is 22.3 Å². The van der Waals surface area contributed by atoms with E-state index in [4.69, 9.17) is 0 Å². The highest BCUT2D eigenvalue weighted by atomic mass is 32.1. The molecule has 10 aromatic carbocycles. The first kappa shape index (κ1) is 36.7. The van der Waals surface area contributed by atoms with Crippen molar-refractivity contribution in [1.82, 2.24) is 4.57 Å². The summed E-state index contributed by atoms with van der Waals surface area (Å²) >= 11 is 1.90. The zero-order valence-corrected chi connectivity index (χ0v) is 35.7. The third-order valence-corrected chi connectivity index (χ3v) is 14.7. The molecule has 0 fully saturated rings. The van der Waals surface area contributed by atoms with E-state index in [2.05, 4.69) is 252 Å². The smallest absolute Gasteiger partial charge is 0.0714 e. The van der Waals surface area contributed by atoms with Gasteiger partial charge in [-0.2, -0.15) is 0 Å². The fraction of sp³-hybridized carbons (Fsp3) is 0.0164. The minimum atomic E-state index is -0.509. The summed E-state index contributed by atoms with van der Waals surface area (Å²) < 4.78 is 5.01. The van der Waals surface area contributed by atoms with Crippen molar-refractivity contribution in [1.29, 1.82) is 0 Å². The van der Waals surface area contributed by atoms with Crippen LogP contribution in [0.25, 0.3) is 69.9 Å². The van der Waals surface area contributed by atoms with Gasteiger partial charge in [-0.1, -0.05) is 176 Å². The lowest BCUT2D eigenvalue weighted by Gasteiger charge is -2.35. The number of rotatable bonds is 7. The van der Waals surface area contributed by atoms with Gasteiger partial charge in [-0.3, -0.25) is 0 Å². The van der Waals surface area contributed by atoms with Crippen LogP contribution in [-0.2, 0) is 5.41 Å². The Bertz CT molecular complexity index is 3660. The van der Waals surface area contributed by atoms with Crippen LogP contribution in [0, 0.1) is 0 Å². The van der Waals surface area contributed by atoms with Crippen LogP contribution < -0.4 is 4.90 Å². The van der Waals surface area contributed by atoms with Gasteiger partial charge in [-0.05, 0) is 111 Å². The van der Waals surface area contributed by atoms with Crippen molar-refractivity contribution >= 4 is 70.4 Å². The van der Waals surface area contributed by atoms with E-state index in [1.807, 2.05) is 11.3 Å². The van der Waals surface area contributed by atoms with Crippen molar-refractivity contribution in [2.45, 2.75) is 5.41 Å². The topological polar surface area (TPSA) is 8.17 Å². The Morgan fingerprint density at radius 3 is 1.70 bits per heavy atom. The number of anilines is 3. The van der Waals surface area contributed by atoms with Crippen molar-refractivity contribution in [3.8, 4) is 27.9 Å². The lowest BCUT2D eigenvalue weighted by molar-refractivity contribution is 0.768. The summed E-state index contributed by atoms with van der Waals surface area (Å²) in [5.74, 6) is 0. The van der Waals surface area contributed by atoms with Crippen molar-refractivity contribution in [3.63, 3.8) is 0 Å². The van der Waals surface area contributed by atoms with E-state index >= 15 is 0 Å². The molecule has 2 heterocycles. The zero-order valence-electron chi connectivity index (χ0n) is 34.9. The molecule has 0 saturated heterocycles. The molecule has 0 aliphatic heterocycles. The number of nitrogens with zero attached hydrogens (tertiary/aromatic N) is 2. The highest BCUT2D eigenvalue weighted by molar-refractivity contribution is 7.26. The largest absolute Gasteiger partial charge is 0.310 e. The van der Waals surface area contributed by atoms with Crippen LogP contribution >= 0.6 is 11.3 Å². The third kappa shape index (κ3) is 5.44. The summed E-state index contributed by atoms with van der Waals surface area (Å²) in [7, 11) is 0. The second-order valence-corrected chi connectivity index (χ2v) is 17.9. The fourth-order valence-electron chi connectivity index (χ4n) is 10.7. The van der Waals surface area contributed by atoms with E-state index in [-0.39, 0.29) is 0 Å². The maximum Gasteiger partial charge on any atom is 0.0714 e. The number of fused-ring (bicyclic) bond motifs is 10.